The number of pyridine rings is 2. The summed E-state index contributed by atoms with van der Waals surface area (Å²) in [7, 11) is 0. The van der Waals surface area contributed by atoms with Gasteiger partial charge in [-0.1, -0.05) is 126 Å². The number of aromatic nitrogens is 2. The highest BCUT2D eigenvalue weighted by molar-refractivity contribution is 5.98. The first kappa shape index (κ1) is 32.8. The third-order valence-corrected chi connectivity index (χ3v) is 9.29. The zero-order chi connectivity index (χ0) is 35.0. The monoisotopic (exact) mass is 653 g/mol. The maximum absolute atomic E-state index is 11.0. The molecule has 0 saturated heterocycles. The summed E-state index contributed by atoms with van der Waals surface area (Å²) in [6.07, 6.45) is 1.83. The first-order valence-electron chi connectivity index (χ1n) is 17.2. The van der Waals surface area contributed by atoms with Gasteiger partial charge in [0.2, 0.25) is 0 Å². The van der Waals surface area contributed by atoms with Gasteiger partial charge in [0.15, 0.2) is 0 Å². The summed E-state index contributed by atoms with van der Waals surface area (Å²) in [5.74, 6) is 1.03. The Morgan fingerprint density at radius 3 is 1.90 bits per heavy atom. The van der Waals surface area contributed by atoms with Gasteiger partial charge in [0.25, 0.3) is 0 Å². The number of para-hydroxylation sites is 1. The van der Waals surface area contributed by atoms with Crippen molar-refractivity contribution in [1.29, 1.82) is 0 Å². The van der Waals surface area contributed by atoms with Crippen LogP contribution in [0.3, 0.4) is 0 Å². The van der Waals surface area contributed by atoms with Crippen LogP contribution in [0.4, 0.5) is 17.2 Å². The topological polar surface area (TPSA) is 49.2 Å². The van der Waals surface area contributed by atoms with Crippen molar-refractivity contribution in [2.45, 2.75) is 52.4 Å². The Bertz CT molecular complexity index is 2270. The van der Waals surface area contributed by atoms with E-state index in [1.807, 2.05) is 42.6 Å². The van der Waals surface area contributed by atoms with E-state index in [1.54, 1.807) is 6.07 Å². The zero-order valence-electron chi connectivity index (χ0n) is 29.6. The summed E-state index contributed by atoms with van der Waals surface area (Å²) >= 11 is 0. The minimum Gasteiger partial charge on any atom is -0.507 e. The van der Waals surface area contributed by atoms with Crippen molar-refractivity contribution in [2.24, 2.45) is 0 Å². The molecule has 0 radical (unpaired) electrons. The molecule has 0 aliphatic carbocycles. The second kappa shape index (κ2) is 12.9. The highest BCUT2D eigenvalue weighted by Crippen LogP contribution is 2.41. The number of fused-ring (bicyclic) bond motifs is 1. The molecule has 0 aliphatic rings. The minimum atomic E-state index is -0.0305. The summed E-state index contributed by atoms with van der Waals surface area (Å²) in [5.41, 5.74) is 9.89. The van der Waals surface area contributed by atoms with Gasteiger partial charge >= 0.3 is 0 Å². The third kappa shape index (κ3) is 6.62. The van der Waals surface area contributed by atoms with Crippen LogP contribution in [0.1, 0.15) is 52.7 Å². The molecule has 2 aromatic heterocycles. The van der Waals surface area contributed by atoms with Crippen molar-refractivity contribution >= 4 is 28.0 Å². The lowest BCUT2D eigenvalue weighted by molar-refractivity contribution is 0.477. The second-order valence-electron chi connectivity index (χ2n) is 15.0. The van der Waals surface area contributed by atoms with Crippen LogP contribution in [0.5, 0.6) is 5.75 Å². The molecular weight excluding hydrogens is 611 g/mol. The Balaban J connectivity index is 1.44. The number of rotatable bonds is 6. The minimum absolute atomic E-state index is 0.0305. The molecule has 0 aliphatic heterocycles. The number of phenolic OH excluding ortho intramolecular Hbond substituents is 1. The van der Waals surface area contributed by atoms with Crippen LogP contribution < -0.4 is 4.90 Å². The Morgan fingerprint density at radius 2 is 1.18 bits per heavy atom. The quantitative estimate of drug-likeness (QED) is 0.194. The van der Waals surface area contributed by atoms with Crippen molar-refractivity contribution < 1.29 is 5.11 Å². The van der Waals surface area contributed by atoms with E-state index in [9.17, 15) is 5.11 Å². The van der Waals surface area contributed by atoms with Gasteiger partial charge in [0.1, 0.15) is 11.6 Å². The van der Waals surface area contributed by atoms with Gasteiger partial charge in [-0.05, 0) is 93.1 Å². The predicted octanol–water partition coefficient (Wildman–Crippen LogP) is 12.4. The van der Waals surface area contributed by atoms with Gasteiger partial charge in [-0.25, -0.2) is 9.97 Å². The van der Waals surface area contributed by atoms with Crippen LogP contribution in [-0.2, 0) is 10.8 Å². The molecule has 2 heterocycles. The van der Waals surface area contributed by atoms with Crippen molar-refractivity contribution in [3.63, 3.8) is 0 Å². The van der Waals surface area contributed by atoms with E-state index in [1.165, 1.54) is 11.1 Å². The van der Waals surface area contributed by atoms with Crippen LogP contribution in [0, 0.1) is 0 Å². The molecule has 50 heavy (non-hydrogen) atoms. The molecule has 5 aromatic carbocycles. The first-order valence-corrected chi connectivity index (χ1v) is 17.2. The molecule has 0 bridgehead atoms. The molecule has 248 valence electrons. The molecule has 4 heteroatoms. The average molecular weight is 654 g/mol. The summed E-state index contributed by atoms with van der Waals surface area (Å²) in [6, 6.07) is 48.0. The van der Waals surface area contributed by atoms with E-state index in [0.29, 0.717) is 5.56 Å². The zero-order valence-corrected chi connectivity index (χ0v) is 29.6. The van der Waals surface area contributed by atoms with Gasteiger partial charge in [-0.15, -0.1) is 0 Å². The fraction of sp³-hybridized carbons (Fsp3) is 0.174. The van der Waals surface area contributed by atoms with Crippen molar-refractivity contribution in [1.82, 2.24) is 9.97 Å². The van der Waals surface area contributed by atoms with Crippen molar-refractivity contribution in [3.8, 4) is 39.4 Å². The molecule has 0 fully saturated rings. The summed E-state index contributed by atoms with van der Waals surface area (Å²) in [4.78, 5) is 12.2. The van der Waals surface area contributed by atoms with Gasteiger partial charge < -0.3 is 5.11 Å². The summed E-state index contributed by atoms with van der Waals surface area (Å²) in [6.45, 7) is 13.6. The average Bonchev–Trinajstić information content (AvgIpc) is 3.11. The molecule has 7 rings (SSSR count). The van der Waals surface area contributed by atoms with Crippen molar-refractivity contribution in [2.75, 3.05) is 4.90 Å². The standard InChI is InChI=1S/C46H43N3O/c1-45(2,3)35-25-33(26-36(30-35)46(4,5)6)34-28-40(48-41(29-34)39-20-9-10-22-43(39)50)32-17-13-18-37(27-32)49(44-23-11-12-24-47-44)42-21-14-16-31-15-7-8-19-38(31)42/h7-30,50H,1-6H3. The van der Waals surface area contributed by atoms with E-state index in [4.69, 9.17) is 9.97 Å². The van der Waals surface area contributed by atoms with Crippen LogP contribution >= 0.6 is 0 Å². The van der Waals surface area contributed by atoms with Crippen LogP contribution in [0.2, 0.25) is 0 Å². The molecule has 0 unspecified atom stereocenters. The van der Waals surface area contributed by atoms with E-state index >= 15 is 0 Å². The number of nitrogens with zero attached hydrogens (tertiary/aromatic N) is 3. The van der Waals surface area contributed by atoms with E-state index in [0.717, 1.165) is 56.0 Å². The molecule has 7 aromatic rings. The maximum Gasteiger partial charge on any atom is 0.137 e. The Hall–Kier alpha value is -5.74. The van der Waals surface area contributed by atoms with Crippen LogP contribution in [0.15, 0.2) is 146 Å². The lowest BCUT2D eigenvalue weighted by atomic mass is 9.79. The molecule has 4 nitrogen and oxygen atoms in total. The molecule has 0 atom stereocenters. The molecular formula is C46H43N3O. The normalized spacial score (nSPS) is 11.9. The van der Waals surface area contributed by atoms with E-state index in [-0.39, 0.29) is 16.6 Å². The van der Waals surface area contributed by atoms with Gasteiger partial charge in [0.05, 0.1) is 17.1 Å². The largest absolute Gasteiger partial charge is 0.507 e. The molecule has 0 saturated carbocycles. The van der Waals surface area contributed by atoms with E-state index < -0.39 is 0 Å². The highest BCUT2D eigenvalue weighted by atomic mass is 16.3. The fourth-order valence-corrected chi connectivity index (χ4v) is 6.42. The predicted molar refractivity (Wildman–Crippen MR) is 210 cm³/mol. The summed E-state index contributed by atoms with van der Waals surface area (Å²) < 4.78 is 0. The van der Waals surface area contributed by atoms with Gasteiger partial charge in [-0.2, -0.15) is 0 Å². The Morgan fingerprint density at radius 1 is 0.540 bits per heavy atom. The lowest BCUT2D eigenvalue weighted by Gasteiger charge is -2.27. The Kier molecular flexibility index (Phi) is 8.49. The number of hydrogen-bond acceptors (Lipinski definition) is 4. The number of phenols is 1. The highest BCUT2D eigenvalue weighted by Gasteiger charge is 2.22. The Labute approximate surface area is 295 Å². The van der Waals surface area contributed by atoms with Crippen LogP contribution in [0.25, 0.3) is 44.4 Å². The van der Waals surface area contributed by atoms with E-state index in [2.05, 4.69) is 144 Å². The number of hydrogen-bond donors (Lipinski definition) is 1. The number of anilines is 3. The maximum atomic E-state index is 11.0. The number of benzene rings is 5. The molecule has 1 N–H and O–H groups in total. The first-order chi connectivity index (χ1) is 24.0. The summed E-state index contributed by atoms with van der Waals surface area (Å²) in [5, 5.41) is 13.3. The SMILES string of the molecule is CC(C)(C)c1cc(-c2cc(-c3cccc(N(c4ccccn4)c4cccc5ccccc45)c3)nc(-c3ccccc3O)c2)cc(C(C)(C)C)c1. The van der Waals surface area contributed by atoms with Crippen molar-refractivity contribution in [3.05, 3.63) is 157 Å². The molecule has 0 spiro atoms. The van der Waals surface area contributed by atoms with Gasteiger partial charge in [0, 0.05) is 28.4 Å². The lowest BCUT2D eigenvalue weighted by Crippen LogP contribution is -2.16. The van der Waals surface area contributed by atoms with Gasteiger partial charge in [-0.3, -0.25) is 4.90 Å². The third-order valence-electron chi connectivity index (χ3n) is 9.29. The van der Waals surface area contributed by atoms with Crippen LogP contribution in [-0.4, -0.2) is 15.1 Å². The second-order valence-corrected chi connectivity index (χ2v) is 15.0. The molecule has 0 amide bonds. The smallest absolute Gasteiger partial charge is 0.137 e. The fourth-order valence-electron chi connectivity index (χ4n) is 6.42. The number of aromatic hydroxyl groups is 1.